The molecule has 3 aliphatic rings. The first-order chi connectivity index (χ1) is 8.68. The first kappa shape index (κ1) is 12.9. The molecule has 1 N–H and O–H groups in total. The van der Waals surface area contributed by atoms with Crippen LogP contribution in [-0.2, 0) is 0 Å². The fourth-order valence-corrected chi connectivity index (χ4v) is 5.01. The van der Waals surface area contributed by atoms with Gasteiger partial charge in [-0.2, -0.15) is 0 Å². The molecule has 2 nitrogen and oxygen atoms in total. The van der Waals surface area contributed by atoms with Crippen LogP contribution >= 0.6 is 0 Å². The van der Waals surface area contributed by atoms with Gasteiger partial charge in [0.05, 0.1) is 0 Å². The summed E-state index contributed by atoms with van der Waals surface area (Å²) in [6.07, 6.45) is 8.67. The molecule has 4 atom stereocenters. The molecule has 0 aromatic rings. The second kappa shape index (κ2) is 4.79. The second-order valence-corrected chi connectivity index (χ2v) is 7.11. The zero-order valence-electron chi connectivity index (χ0n) is 12.4. The Morgan fingerprint density at radius 1 is 1.17 bits per heavy atom. The van der Waals surface area contributed by atoms with Crippen molar-refractivity contribution in [2.75, 3.05) is 13.1 Å². The maximum absolute atomic E-state index is 3.73. The van der Waals surface area contributed by atoms with Crippen molar-refractivity contribution < 1.29 is 0 Å². The number of nitrogens with one attached hydrogen (secondary N) is 1. The summed E-state index contributed by atoms with van der Waals surface area (Å²) in [4.78, 5) is 2.94. The Bertz CT molecular complexity index is 297. The first-order valence-corrected chi connectivity index (χ1v) is 8.18. The predicted octanol–water partition coefficient (Wildman–Crippen LogP) is 3.03. The van der Waals surface area contributed by atoms with Crippen molar-refractivity contribution in [3.8, 4) is 0 Å². The van der Waals surface area contributed by atoms with Crippen LogP contribution in [0.25, 0.3) is 0 Å². The highest BCUT2D eigenvalue weighted by molar-refractivity contribution is 5.04. The molecule has 1 aliphatic heterocycles. The van der Waals surface area contributed by atoms with Crippen LogP contribution < -0.4 is 5.32 Å². The molecule has 0 spiro atoms. The third kappa shape index (κ3) is 1.92. The molecule has 2 saturated carbocycles. The molecule has 2 aliphatic carbocycles. The molecular formula is C16H30N2. The Morgan fingerprint density at radius 2 is 1.94 bits per heavy atom. The number of hydrogen-bond acceptors (Lipinski definition) is 2. The number of piperazine rings is 1. The topological polar surface area (TPSA) is 15.3 Å². The third-order valence-electron chi connectivity index (χ3n) is 6.28. The van der Waals surface area contributed by atoms with Crippen molar-refractivity contribution in [3.63, 3.8) is 0 Å². The van der Waals surface area contributed by atoms with Crippen LogP contribution in [0, 0.1) is 11.8 Å². The Kier molecular flexibility index (Phi) is 3.44. The quantitative estimate of drug-likeness (QED) is 0.828. The van der Waals surface area contributed by atoms with Crippen LogP contribution in [0.1, 0.15) is 59.3 Å². The fraction of sp³-hybridized carbons (Fsp3) is 1.00. The summed E-state index contributed by atoms with van der Waals surface area (Å²) in [5.74, 6) is 2.09. The standard InChI is InChI=1S/C16H30N2/c1-4-16(5-2)11-17-12(3)10-18(16)15-9-13-6-7-14(15)8-13/h12-15,17H,4-11H2,1-3H3. The maximum Gasteiger partial charge on any atom is 0.0332 e. The van der Waals surface area contributed by atoms with E-state index < -0.39 is 0 Å². The molecule has 1 saturated heterocycles. The van der Waals surface area contributed by atoms with Gasteiger partial charge >= 0.3 is 0 Å². The summed E-state index contributed by atoms with van der Waals surface area (Å²) in [7, 11) is 0. The highest BCUT2D eigenvalue weighted by Crippen LogP contribution is 2.49. The smallest absolute Gasteiger partial charge is 0.0332 e. The molecule has 1 heterocycles. The van der Waals surface area contributed by atoms with E-state index in [4.69, 9.17) is 0 Å². The van der Waals surface area contributed by atoms with Gasteiger partial charge in [0.1, 0.15) is 0 Å². The molecule has 104 valence electrons. The SMILES string of the molecule is CCC1(CC)CNC(C)CN1C1CC2CCC1C2. The van der Waals surface area contributed by atoms with E-state index in [2.05, 4.69) is 31.0 Å². The van der Waals surface area contributed by atoms with Crippen molar-refractivity contribution in [3.05, 3.63) is 0 Å². The molecule has 3 rings (SSSR count). The molecule has 0 aromatic heterocycles. The minimum Gasteiger partial charge on any atom is -0.311 e. The van der Waals surface area contributed by atoms with E-state index in [-0.39, 0.29) is 0 Å². The highest BCUT2D eigenvalue weighted by Gasteiger charge is 2.49. The monoisotopic (exact) mass is 250 g/mol. The summed E-state index contributed by atoms with van der Waals surface area (Å²) in [5.41, 5.74) is 0.446. The summed E-state index contributed by atoms with van der Waals surface area (Å²) in [5, 5.41) is 3.73. The molecule has 2 heteroatoms. The Labute approximate surface area is 113 Å². The molecule has 2 bridgehead atoms. The average Bonchev–Trinajstić information content (AvgIpc) is 3.01. The lowest BCUT2D eigenvalue weighted by Gasteiger charge is -2.53. The van der Waals surface area contributed by atoms with Crippen LogP contribution in [-0.4, -0.2) is 35.6 Å². The van der Waals surface area contributed by atoms with Gasteiger partial charge in [-0.15, -0.1) is 0 Å². The molecule has 4 unspecified atom stereocenters. The van der Waals surface area contributed by atoms with Gasteiger partial charge in [0.25, 0.3) is 0 Å². The van der Waals surface area contributed by atoms with Crippen molar-refractivity contribution in [1.82, 2.24) is 10.2 Å². The van der Waals surface area contributed by atoms with E-state index in [0.717, 1.165) is 17.9 Å². The van der Waals surface area contributed by atoms with E-state index in [1.54, 1.807) is 0 Å². The number of rotatable bonds is 3. The minimum absolute atomic E-state index is 0.446. The van der Waals surface area contributed by atoms with Gasteiger partial charge in [0.2, 0.25) is 0 Å². The average molecular weight is 250 g/mol. The van der Waals surface area contributed by atoms with Gasteiger partial charge in [-0.1, -0.05) is 20.3 Å². The number of hydrogen-bond donors (Lipinski definition) is 1. The molecule has 0 amide bonds. The zero-order chi connectivity index (χ0) is 12.8. The molecule has 3 fully saturated rings. The van der Waals surface area contributed by atoms with Gasteiger partial charge in [-0.05, 0) is 50.9 Å². The van der Waals surface area contributed by atoms with E-state index in [1.807, 2.05) is 0 Å². The van der Waals surface area contributed by atoms with Gasteiger partial charge in [0, 0.05) is 30.7 Å². The number of nitrogens with zero attached hydrogens (tertiary/aromatic N) is 1. The summed E-state index contributed by atoms with van der Waals surface area (Å²) < 4.78 is 0. The van der Waals surface area contributed by atoms with Crippen molar-refractivity contribution in [1.29, 1.82) is 0 Å². The van der Waals surface area contributed by atoms with E-state index in [1.165, 1.54) is 51.6 Å². The van der Waals surface area contributed by atoms with Gasteiger partial charge in [-0.25, -0.2) is 0 Å². The Morgan fingerprint density at radius 3 is 2.50 bits per heavy atom. The lowest BCUT2D eigenvalue weighted by molar-refractivity contribution is -0.0204. The van der Waals surface area contributed by atoms with Crippen molar-refractivity contribution >= 4 is 0 Å². The molecule has 0 aromatic carbocycles. The van der Waals surface area contributed by atoms with E-state index in [9.17, 15) is 0 Å². The lowest BCUT2D eigenvalue weighted by Crippen LogP contribution is -2.66. The number of fused-ring (bicyclic) bond motifs is 2. The van der Waals surface area contributed by atoms with Crippen LogP contribution in [0.5, 0.6) is 0 Å². The van der Waals surface area contributed by atoms with Gasteiger partial charge in [-0.3, -0.25) is 4.90 Å². The zero-order valence-corrected chi connectivity index (χ0v) is 12.4. The molecule has 18 heavy (non-hydrogen) atoms. The Hall–Kier alpha value is -0.0800. The Balaban J connectivity index is 1.81. The summed E-state index contributed by atoms with van der Waals surface area (Å²) >= 11 is 0. The van der Waals surface area contributed by atoms with E-state index >= 15 is 0 Å². The normalized spacial score (nSPS) is 43.5. The fourth-order valence-electron chi connectivity index (χ4n) is 5.01. The maximum atomic E-state index is 3.73. The molecular weight excluding hydrogens is 220 g/mol. The van der Waals surface area contributed by atoms with Crippen molar-refractivity contribution in [2.45, 2.75) is 76.9 Å². The predicted molar refractivity (Wildman–Crippen MR) is 76.7 cm³/mol. The van der Waals surface area contributed by atoms with Crippen LogP contribution in [0.4, 0.5) is 0 Å². The van der Waals surface area contributed by atoms with Gasteiger partial charge < -0.3 is 5.32 Å². The largest absolute Gasteiger partial charge is 0.311 e. The highest BCUT2D eigenvalue weighted by atomic mass is 15.3. The van der Waals surface area contributed by atoms with Crippen LogP contribution in [0.15, 0.2) is 0 Å². The third-order valence-corrected chi connectivity index (χ3v) is 6.28. The van der Waals surface area contributed by atoms with E-state index in [0.29, 0.717) is 11.6 Å². The minimum atomic E-state index is 0.446. The molecule has 0 radical (unpaired) electrons. The summed E-state index contributed by atoms with van der Waals surface area (Å²) in [6.45, 7) is 9.61. The first-order valence-electron chi connectivity index (χ1n) is 8.18. The van der Waals surface area contributed by atoms with Gasteiger partial charge in [0.15, 0.2) is 0 Å². The van der Waals surface area contributed by atoms with Crippen LogP contribution in [0.3, 0.4) is 0 Å². The summed E-state index contributed by atoms with van der Waals surface area (Å²) in [6, 6.07) is 1.59. The second-order valence-electron chi connectivity index (χ2n) is 7.11. The lowest BCUT2D eigenvalue weighted by atomic mass is 9.82. The van der Waals surface area contributed by atoms with Crippen molar-refractivity contribution in [2.24, 2.45) is 11.8 Å². The van der Waals surface area contributed by atoms with Crippen LogP contribution in [0.2, 0.25) is 0 Å².